The number of amides is 2. The molecule has 0 unspecified atom stereocenters. The molecule has 0 bridgehead atoms. The molecule has 1 atom stereocenters. The summed E-state index contributed by atoms with van der Waals surface area (Å²) >= 11 is 0. The van der Waals surface area contributed by atoms with E-state index in [1.165, 1.54) is 0 Å². The molecule has 0 heterocycles. The Morgan fingerprint density at radius 2 is 1.42 bits per heavy atom. The second-order valence-corrected chi connectivity index (χ2v) is 7.49. The van der Waals surface area contributed by atoms with Crippen molar-refractivity contribution in [2.45, 2.75) is 58.8 Å². The van der Waals surface area contributed by atoms with Gasteiger partial charge in [-0.25, -0.2) is 9.59 Å². The van der Waals surface area contributed by atoms with Crippen molar-refractivity contribution in [3.05, 3.63) is 35.9 Å². The summed E-state index contributed by atoms with van der Waals surface area (Å²) < 4.78 is 10.5. The topological polar surface area (TPSA) is 76.7 Å². The molecule has 6 nitrogen and oxygen atoms in total. The van der Waals surface area contributed by atoms with Crippen LogP contribution in [0, 0.1) is 0 Å². The zero-order chi connectivity index (χ0) is 18.4. The lowest BCUT2D eigenvalue weighted by Gasteiger charge is -2.25. The van der Waals surface area contributed by atoms with Crippen molar-refractivity contribution in [3.8, 4) is 0 Å². The van der Waals surface area contributed by atoms with Gasteiger partial charge in [-0.3, -0.25) is 0 Å². The fourth-order valence-electron chi connectivity index (χ4n) is 1.89. The van der Waals surface area contributed by atoms with Gasteiger partial charge < -0.3 is 20.1 Å². The molecule has 1 rings (SSSR count). The molecule has 0 aliphatic heterocycles. The lowest BCUT2D eigenvalue weighted by atomic mass is 10.1. The first-order valence-electron chi connectivity index (χ1n) is 7.97. The van der Waals surface area contributed by atoms with E-state index in [1.54, 1.807) is 41.5 Å². The van der Waals surface area contributed by atoms with Crippen LogP contribution < -0.4 is 10.6 Å². The van der Waals surface area contributed by atoms with Gasteiger partial charge in [-0.05, 0) is 47.1 Å². The zero-order valence-electron chi connectivity index (χ0n) is 15.3. The molecule has 0 radical (unpaired) electrons. The van der Waals surface area contributed by atoms with Gasteiger partial charge in [0.25, 0.3) is 0 Å². The van der Waals surface area contributed by atoms with Gasteiger partial charge in [-0.2, -0.15) is 0 Å². The van der Waals surface area contributed by atoms with E-state index in [4.69, 9.17) is 9.47 Å². The second-order valence-electron chi connectivity index (χ2n) is 7.49. The highest BCUT2D eigenvalue weighted by molar-refractivity contribution is 5.69. The van der Waals surface area contributed by atoms with Crippen molar-refractivity contribution < 1.29 is 19.1 Å². The molecule has 0 saturated heterocycles. The largest absolute Gasteiger partial charge is 0.444 e. The summed E-state index contributed by atoms with van der Waals surface area (Å²) in [4.78, 5) is 23.9. The Bertz CT molecular complexity index is 544. The van der Waals surface area contributed by atoms with Crippen LogP contribution in [-0.4, -0.2) is 29.9 Å². The lowest BCUT2D eigenvalue weighted by molar-refractivity contribution is 0.0463. The van der Waals surface area contributed by atoms with E-state index in [2.05, 4.69) is 10.6 Å². The van der Waals surface area contributed by atoms with Crippen LogP contribution in [0.1, 0.15) is 53.1 Å². The summed E-state index contributed by atoms with van der Waals surface area (Å²) in [5.74, 6) is 0. The Hall–Kier alpha value is -2.24. The lowest BCUT2D eigenvalue weighted by Crippen LogP contribution is -2.41. The number of alkyl carbamates (subject to hydrolysis) is 2. The number of carbonyl (C=O) groups is 2. The van der Waals surface area contributed by atoms with Crippen molar-refractivity contribution in [2.75, 3.05) is 6.54 Å². The molecular weight excluding hydrogens is 308 g/mol. The van der Waals surface area contributed by atoms with Gasteiger partial charge in [0.15, 0.2) is 0 Å². The SMILES string of the molecule is CC(C)(C)OC(=O)NC[C@H](NC(=O)OC(C)(C)C)c1ccccc1. The maximum atomic E-state index is 12.0. The summed E-state index contributed by atoms with van der Waals surface area (Å²) in [5.41, 5.74) is -0.311. The third-order valence-corrected chi connectivity index (χ3v) is 2.74. The second kappa shape index (κ2) is 8.04. The number of rotatable bonds is 4. The van der Waals surface area contributed by atoms with Crippen LogP contribution in [0.4, 0.5) is 9.59 Å². The zero-order valence-corrected chi connectivity index (χ0v) is 15.3. The molecule has 1 aromatic rings. The minimum atomic E-state index is -0.593. The molecule has 2 amide bonds. The Labute approximate surface area is 143 Å². The smallest absolute Gasteiger partial charge is 0.408 e. The number of nitrogens with one attached hydrogen (secondary N) is 2. The molecule has 0 saturated carbocycles. The van der Waals surface area contributed by atoms with E-state index in [-0.39, 0.29) is 6.54 Å². The van der Waals surface area contributed by atoms with E-state index in [0.717, 1.165) is 5.56 Å². The van der Waals surface area contributed by atoms with E-state index in [9.17, 15) is 9.59 Å². The van der Waals surface area contributed by atoms with Crippen LogP contribution in [0.3, 0.4) is 0 Å². The summed E-state index contributed by atoms with van der Waals surface area (Å²) in [6.45, 7) is 11.0. The highest BCUT2D eigenvalue weighted by Crippen LogP contribution is 2.14. The summed E-state index contributed by atoms with van der Waals surface area (Å²) in [7, 11) is 0. The van der Waals surface area contributed by atoms with Crippen LogP contribution in [-0.2, 0) is 9.47 Å². The maximum Gasteiger partial charge on any atom is 0.408 e. The van der Waals surface area contributed by atoms with Crippen LogP contribution in [0.15, 0.2) is 30.3 Å². The first-order chi connectivity index (χ1) is 11.0. The van der Waals surface area contributed by atoms with Gasteiger partial charge in [-0.15, -0.1) is 0 Å². The van der Waals surface area contributed by atoms with Gasteiger partial charge in [0.05, 0.1) is 6.04 Å². The fraction of sp³-hybridized carbons (Fsp3) is 0.556. The molecule has 1 aromatic carbocycles. The van der Waals surface area contributed by atoms with Crippen molar-refractivity contribution >= 4 is 12.2 Å². The van der Waals surface area contributed by atoms with E-state index < -0.39 is 29.4 Å². The Kier molecular flexibility index (Phi) is 6.63. The molecule has 0 aromatic heterocycles. The molecule has 0 spiro atoms. The quantitative estimate of drug-likeness (QED) is 0.877. The first kappa shape index (κ1) is 19.8. The Morgan fingerprint density at radius 1 is 0.917 bits per heavy atom. The van der Waals surface area contributed by atoms with Crippen molar-refractivity contribution in [1.82, 2.24) is 10.6 Å². The van der Waals surface area contributed by atoms with Crippen LogP contribution in [0.25, 0.3) is 0 Å². The van der Waals surface area contributed by atoms with Gasteiger partial charge in [0.1, 0.15) is 11.2 Å². The minimum absolute atomic E-state index is 0.193. The molecular formula is C18H28N2O4. The summed E-state index contributed by atoms with van der Waals surface area (Å²) in [6, 6.07) is 8.94. The number of hydrogen-bond donors (Lipinski definition) is 2. The van der Waals surface area contributed by atoms with E-state index in [1.807, 2.05) is 30.3 Å². The Morgan fingerprint density at radius 3 is 1.92 bits per heavy atom. The average molecular weight is 336 g/mol. The maximum absolute atomic E-state index is 12.0. The number of carbonyl (C=O) groups excluding carboxylic acids is 2. The summed E-state index contributed by atoms with van der Waals surface area (Å²) in [6.07, 6.45) is -1.07. The number of benzene rings is 1. The van der Waals surface area contributed by atoms with Crippen molar-refractivity contribution in [2.24, 2.45) is 0 Å². The van der Waals surface area contributed by atoms with Gasteiger partial charge in [-0.1, -0.05) is 30.3 Å². The molecule has 6 heteroatoms. The minimum Gasteiger partial charge on any atom is -0.444 e. The standard InChI is InChI=1S/C18H28N2O4/c1-17(2,3)23-15(21)19-12-14(13-10-8-7-9-11-13)20-16(22)24-18(4,5)6/h7-11,14H,12H2,1-6H3,(H,19,21)(H,20,22)/t14-/m0/s1. The Balaban J connectivity index is 2.73. The predicted octanol–water partition coefficient (Wildman–Crippen LogP) is 3.78. The van der Waals surface area contributed by atoms with Crippen LogP contribution >= 0.6 is 0 Å². The van der Waals surface area contributed by atoms with E-state index >= 15 is 0 Å². The highest BCUT2D eigenvalue weighted by atomic mass is 16.6. The third kappa shape index (κ3) is 8.41. The third-order valence-electron chi connectivity index (χ3n) is 2.74. The van der Waals surface area contributed by atoms with Gasteiger partial charge in [0, 0.05) is 6.54 Å². The average Bonchev–Trinajstić information content (AvgIpc) is 2.40. The van der Waals surface area contributed by atoms with Gasteiger partial charge >= 0.3 is 12.2 Å². The molecule has 0 aliphatic rings. The monoisotopic (exact) mass is 336 g/mol. The number of ether oxygens (including phenoxy) is 2. The molecule has 2 N–H and O–H groups in total. The van der Waals surface area contributed by atoms with Crippen LogP contribution in [0.5, 0.6) is 0 Å². The highest BCUT2D eigenvalue weighted by Gasteiger charge is 2.22. The van der Waals surface area contributed by atoms with Gasteiger partial charge in [0.2, 0.25) is 0 Å². The summed E-state index contributed by atoms with van der Waals surface area (Å²) in [5, 5.41) is 5.45. The van der Waals surface area contributed by atoms with Crippen LogP contribution in [0.2, 0.25) is 0 Å². The van der Waals surface area contributed by atoms with E-state index in [0.29, 0.717) is 0 Å². The van der Waals surface area contributed by atoms with Crippen molar-refractivity contribution in [3.63, 3.8) is 0 Å². The fourth-order valence-corrected chi connectivity index (χ4v) is 1.89. The molecule has 134 valence electrons. The van der Waals surface area contributed by atoms with Crippen molar-refractivity contribution in [1.29, 1.82) is 0 Å². The number of hydrogen-bond acceptors (Lipinski definition) is 4. The molecule has 0 fully saturated rings. The molecule has 24 heavy (non-hydrogen) atoms. The molecule has 0 aliphatic carbocycles. The first-order valence-corrected chi connectivity index (χ1v) is 7.97. The predicted molar refractivity (Wildman–Crippen MR) is 92.8 cm³/mol. The normalized spacial score (nSPS) is 12.9.